The van der Waals surface area contributed by atoms with Gasteiger partial charge in [0.25, 0.3) is 5.91 Å². The molecule has 0 aliphatic carbocycles. The smallest absolute Gasteiger partial charge is 0.259 e. The van der Waals surface area contributed by atoms with E-state index in [-0.39, 0.29) is 5.91 Å². The van der Waals surface area contributed by atoms with Gasteiger partial charge in [0.2, 0.25) is 0 Å². The molecule has 0 unspecified atom stereocenters. The van der Waals surface area contributed by atoms with Gasteiger partial charge in [-0.1, -0.05) is 23.5 Å². The largest absolute Gasteiger partial charge is 0.298 e. The van der Waals surface area contributed by atoms with Crippen LogP contribution in [0.1, 0.15) is 15.9 Å². The maximum absolute atomic E-state index is 12.4. The van der Waals surface area contributed by atoms with E-state index >= 15 is 0 Å². The zero-order valence-electron chi connectivity index (χ0n) is 13.8. The van der Waals surface area contributed by atoms with Gasteiger partial charge in [-0.15, -0.1) is 0 Å². The predicted octanol–water partition coefficient (Wildman–Crippen LogP) is 2.91. The molecule has 0 aliphatic heterocycles. The van der Waals surface area contributed by atoms with Crippen LogP contribution in [0.25, 0.3) is 16.3 Å². The number of nitriles is 1. The van der Waals surface area contributed by atoms with E-state index in [1.54, 1.807) is 47.5 Å². The van der Waals surface area contributed by atoms with Crippen LogP contribution in [-0.4, -0.2) is 30.6 Å². The zero-order chi connectivity index (χ0) is 18.6. The number of rotatable bonds is 4. The zero-order valence-corrected chi connectivity index (χ0v) is 14.6. The summed E-state index contributed by atoms with van der Waals surface area (Å²) in [6, 6.07) is 12.6. The monoisotopic (exact) mass is 373 g/mol. The van der Waals surface area contributed by atoms with Crippen molar-refractivity contribution in [2.75, 3.05) is 5.32 Å². The number of hydrogen-bond acceptors (Lipinski definition) is 7. The minimum atomic E-state index is -0.306. The first-order chi connectivity index (χ1) is 13.2. The number of benzene rings is 1. The van der Waals surface area contributed by atoms with Crippen LogP contribution < -0.4 is 5.32 Å². The van der Waals surface area contributed by atoms with Crippen molar-refractivity contribution in [3.8, 4) is 22.3 Å². The molecule has 1 aromatic carbocycles. The minimum Gasteiger partial charge on any atom is -0.298 e. The van der Waals surface area contributed by atoms with E-state index in [4.69, 9.17) is 5.26 Å². The summed E-state index contributed by atoms with van der Waals surface area (Å²) in [6.45, 7) is 0. The Morgan fingerprint density at radius 1 is 1.22 bits per heavy atom. The average molecular weight is 373 g/mol. The molecule has 4 aromatic rings. The van der Waals surface area contributed by atoms with E-state index in [0.717, 1.165) is 5.56 Å². The Kier molecular flexibility index (Phi) is 4.38. The fourth-order valence-electron chi connectivity index (χ4n) is 2.42. The highest BCUT2D eigenvalue weighted by Crippen LogP contribution is 2.34. The van der Waals surface area contributed by atoms with Gasteiger partial charge in [-0.3, -0.25) is 15.1 Å². The van der Waals surface area contributed by atoms with Crippen LogP contribution >= 0.6 is 11.3 Å². The molecule has 9 heteroatoms. The maximum Gasteiger partial charge on any atom is 0.259 e. The molecule has 1 N–H and O–H groups in total. The maximum atomic E-state index is 12.4. The Balaban J connectivity index is 1.74. The molecule has 0 spiro atoms. The summed E-state index contributed by atoms with van der Waals surface area (Å²) in [4.78, 5) is 24.9. The minimum absolute atomic E-state index is 0.306. The molecule has 4 rings (SSSR count). The van der Waals surface area contributed by atoms with Gasteiger partial charge in [-0.2, -0.15) is 10.4 Å². The molecule has 0 fully saturated rings. The first kappa shape index (κ1) is 16.6. The number of aromatic nitrogens is 5. The lowest BCUT2D eigenvalue weighted by atomic mass is 10.1. The lowest BCUT2D eigenvalue weighted by molar-refractivity contribution is 0.102. The van der Waals surface area contributed by atoms with Crippen molar-refractivity contribution in [3.05, 3.63) is 72.6 Å². The Labute approximate surface area is 157 Å². The lowest BCUT2D eigenvalue weighted by Crippen LogP contribution is -2.11. The number of carbonyl (C=O) groups is 1. The van der Waals surface area contributed by atoms with E-state index < -0.39 is 0 Å². The highest BCUT2D eigenvalue weighted by atomic mass is 32.1. The summed E-state index contributed by atoms with van der Waals surface area (Å²) in [5, 5.41) is 17.2. The Morgan fingerprint density at radius 2 is 2.15 bits per heavy atom. The molecule has 8 nitrogen and oxygen atoms in total. The summed E-state index contributed by atoms with van der Waals surface area (Å²) in [7, 11) is 0. The molecule has 0 radical (unpaired) electrons. The fourth-order valence-corrected chi connectivity index (χ4v) is 3.34. The molecule has 0 saturated heterocycles. The van der Waals surface area contributed by atoms with Gasteiger partial charge < -0.3 is 0 Å². The number of anilines is 1. The third-order valence-corrected chi connectivity index (χ3v) is 4.61. The third kappa shape index (κ3) is 3.42. The van der Waals surface area contributed by atoms with Gasteiger partial charge in [0.05, 0.1) is 17.2 Å². The molecular weight excluding hydrogens is 362 g/mol. The van der Waals surface area contributed by atoms with Crippen molar-refractivity contribution >= 4 is 22.4 Å². The van der Waals surface area contributed by atoms with E-state index in [1.807, 2.05) is 6.07 Å². The molecule has 0 atom stereocenters. The third-order valence-electron chi connectivity index (χ3n) is 3.65. The molecule has 130 valence electrons. The second-order valence-electron chi connectivity index (χ2n) is 5.40. The first-order valence-corrected chi connectivity index (χ1v) is 8.64. The van der Waals surface area contributed by atoms with Crippen LogP contribution in [0, 0.1) is 11.3 Å². The van der Waals surface area contributed by atoms with Crippen LogP contribution in [0.15, 0.2) is 61.4 Å². The van der Waals surface area contributed by atoms with Crippen LogP contribution in [0.3, 0.4) is 0 Å². The van der Waals surface area contributed by atoms with E-state index in [0.29, 0.717) is 27.0 Å². The summed E-state index contributed by atoms with van der Waals surface area (Å²) in [6.07, 6.45) is 6.06. The van der Waals surface area contributed by atoms with Crippen molar-refractivity contribution in [1.29, 1.82) is 5.26 Å². The number of nitrogens with one attached hydrogen (secondary N) is 1. The molecule has 1 amide bonds. The van der Waals surface area contributed by atoms with Crippen molar-refractivity contribution in [1.82, 2.24) is 24.7 Å². The van der Waals surface area contributed by atoms with Crippen molar-refractivity contribution in [2.24, 2.45) is 0 Å². The van der Waals surface area contributed by atoms with Gasteiger partial charge in [0.15, 0.2) is 5.13 Å². The highest BCUT2D eigenvalue weighted by molar-refractivity contribution is 7.18. The molecule has 0 saturated carbocycles. The summed E-state index contributed by atoms with van der Waals surface area (Å²) in [5.74, 6) is -0.306. The number of hydrogen-bond donors (Lipinski definition) is 1. The molecule has 0 bridgehead atoms. The number of thiazole rings is 1. The van der Waals surface area contributed by atoms with Gasteiger partial charge in [-0.25, -0.2) is 14.6 Å². The summed E-state index contributed by atoms with van der Waals surface area (Å²) >= 11 is 1.26. The topological polar surface area (TPSA) is 109 Å². The number of nitrogens with zero attached hydrogens (tertiary/aromatic N) is 6. The molecule has 27 heavy (non-hydrogen) atoms. The molecule has 3 heterocycles. The van der Waals surface area contributed by atoms with Crippen molar-refractivity contribution in [2.45, 2.75) is 0 Å². The van der Waals surface area contributed by atoms with Crippen LogP contribution in [0.4, 0.5) is 5.13 Å². The Bertz CT molecular complexity index is 1130. The summed E-state index contributed by atoms with van der Waals surface area (Å²) < 4.78 is 1.58. The van der Waals surface area contributed by atoms with E-state index in [2.05, 4.69) is 31.4 Å². The Hall–Kier alpha value is -3.90. The first-order valence-electron chi connectivity index (χ1n) is 7.82. The van der Waals surface area contributed by atoms with E-state index in [9.17, 15) is 4.79 Å². The van der Waals surface area contributed by atoms with Crippen LogP contribution in [0.5, 0.6) is 0 Å². The summed E-state index contributed by atoms with van der Waals surface area (Å²) in [5.41, 5.74) is 2.30. The van der Waals surface area contributed by atoms with E-state index in [1.165, 1.54) is 23.9 Å². The number of carbonyl (C=O) groups excluding carboxylic acids is 1. The number of pyridine rings is 1. The van der Waals surface area contributed by atoms with Crippen molar-refractivity contribution < 1.29 is 4.79 Å². The van der Waals surface area contributed by atoms with Crippen LogP contribution in [-0.2, 0) is 0 Å². The van der Waals surface area contributed by atoms with Crippen LogP contribution in [0.2, 0.25) is 0 Å². The normalized spacial score (nSPS) is 10.3. The molecule has 0 aliphatic rings. The van der Waals surface area contributed by atoms with Gasteiger partial charge in [0, 0.05) is 18.0 Å². The van der Waals surface area contributed by atoms with Gasteiger partial charge >= 0.3 is 0 Å². The highest BCUT2D eigenvalue weighted by Gasteiger charge is 2.18. The second-order valence-corrected chi connectivity index (χ2v) is 6.38. The van der Waals surface area contributed by atoms with Gasteiger partial charge in [0.1, 0.15) is 23.3 Å². The fraction of sp³-hybridized carbons (Fsp3) is 0. The quantitative estimate of drug-likeness (QED) is 0.589. The Morgan fingerprint density at radius 3 is 2.89 bits per heavy atom. The average Bonchev–Trinajstić information content (AvgIpc) is 3.38. The van der Waals surface area contributed by atoms with Gasteiger partial charge in [-0.05, 0) is 24.3 Å². The SMILES string of the molecule is N#Cc1cccc(-c2nc(NC(=O)c3cccnc3)sc2-n2cncn2)c1. The second kappa shape index (κ2) is 7.15. The molecular formula is C18H11N7OS. The predicted molar refractivity (Wildman–Crippen MR) is 99.4 cm³/mol. The molecule has 3 aromatic heterocycles. The lowest BCUT2D eigenvalue weighted by Gasteiger charge is -2.02. The standard InChI is InChI=1S/C18H11N7OS/c19-8-12-3-1-4-13(7-12)15-17(25-11-21-10-22-25)27-18(23-15)24-16(26)14-5-2-6-20-9-14/h1-7,9-11H,(H,23,24,26). The van der Waals surface area contributed by atoms with Crippen molar-refractivity contribution in [3.63, 3.8) is 0 Å². The number of amides is 1.